The molecule has 0 aliphatic carbocycles. The lowest BCUT2D eigenvalue weighted by atomic mass is 10.0. The van der Waals surface area contributed by atoms with E-state index in [1.165, 1.54) is 48.5 Å². The molecule has 43 heavy (non-hydrogen) atoms. The molecular formula is C31H20F6N2O4. The molecule has 220 valence electrons. The highest BCUT2D eigenvalue weighted by Gasteiger charge is 2.12. The molecule has 0 saturated heterocycles. The largest absolute Gasteiger partial charge is 0.428 e. The molecule has 2 N–H and O–H groups in total. The fourth-order valence-corrected chi connectivity index (χ4v) is 3.69. The van der Waals surface area contributed by atoms with Gasteiger partial charge in [0.25, 0.3) is 11.8 Å². The van der Waals surface area contributed by atoms with Gasteiger partial charge in [-0.2, -0.15) is 26.3 Å². The summed E-state index contributed by atoms with van der Waals surface area (Å²) in [7, 11) is 0. The van der Waals surface area contributed by atoms with Gasteiger partial charge in [-0.05, 0) is 90.3 Å². The number of nitrogens with one attached hydrogen (secondary N) is 2. The van der Waals surface area contributed by atoms with Crippen molar-refractivity contribution >= 4 is 23.2 Å². The Morgan fingerprint density at radius 3 is 1.12 bits per heavy atom. The van der Waals surface area contributed by atoms with Crippen LogP contribution >= 0.6 is 0 Å². The second kappa shape index (κ2) is 13.9. The smallest absolute Gasteiger partial charge is 0.344 e. The first-order valence-corrected chi connectivity index (χ1v) is 12.4. The molecule has 0 heterocycles. The van der Waals surface area contributed by atoms with Crippen LogP contribution in [0, 0.1) is 0 Å². The minimum Gasteiger partial charge on any atom is -0.428 e. The van der Waals surface area contributed by atoms with Crippen LogP contribution in [0.4, 0.5) is 37.7 Å². The van der Waals surface area contributed by atoms with Crippen LogP contribution in [0.25, 0.3) is 0 Å². The van der Waals surface area contributed by atoms with Crippen LogP contribution < -0.4 is 20.1 Å². The van der Waals surface area contributed by atoms with Gasteiger partial charge < -0.3 is 20.1 Å². The number of hydrogen-bond acceptors (Lipinski definition) is 4. The highest BCUT2D eigenvalue weighted by atomic mass is 19.3. The summed E-state index contributed by atoms with van der Waals surface area (Å²) < 4.78 is 83.0. The Labute approximate surface area is 240 Å². The van der Waals surface area contributed by atoms with Gasteiger partial charge in [0, 0.05) is 22.5 Å². The van der Waals surface area contributed by atoms with Crippen molar-refractivity contribution in [1.82, 2.24) is 0 Å². The van der Waals surface area contributed by atoms with Gasteiger partial charge in [-0.25, -0.2) is 0 Å². The molecule has 4 aromatic rings. The maximum absolute atomic E-state index is 12.9. The third-order valence-electron chi connectivity index (χ3n) is 5.78. The number of halogens is 6. The van der Waals surface area contributed by atoms with Crippen LogP contribution in [-0.4, -0.2) is 11.8 Å². The molecule has 0 unspecified atom stereocenters. The maximum Gasteiger partial charge on any atom is 0.344 e. The minimum absolute atomic E-state index is 0.189. The molecule has 0 fully saturated rings. The quantitative estimate of drug-likeness (QED) is 0.142. The van der Waals surface area contributed by atoms with E-state index in [4.69, 9.17) is 0 Å². The average molecular weight is 598 g/mol. The molecule has 0 radical (unpaired) electrons. The molecule has 0 spiro atoms. The second-order valence-corrected chi connectivity index (χ2v) is 8.80. The summed E-state index contributed by atoms with van der Waals surface area (Å²) in [6, 6.07) is 20.1. The fourth-order valence-electron chi connectivity index (χ4n) is 3.69. The Morgan fingerprint density at radius 1 is 0.488 bits per heavy atom. The third-order valence-corrected chi connectivity index (χ3v) is 5.78. The number of hydrogen-bond donors (Lipinski definition) is 2. The van der Waals surface area contributed by atoms with E-state index in [-0.39, 0.29) is 22.6 Å². The van der Waals surface area contributed by atoms with Crippen molar-refractivity contribution in [2.24, 2.45) is 0 Å². The summed E-state index contributed by atoms with van der Waals surface area (Å²) in [6.07, 6.45) is -4.62. The monoisotopic (exact) mass is 598 g/mol. The van der Waals surface area contributed by atoms with E-state index in [0.717, 1.165) is 11.1 Å². The molecule has 6 nitrogen and oxygen atoms in total. The maximum atomic E-state index is 12.9. The molecule has 0 aliphatic heterocycles. The zero-order chi connectivity index (χ0) is 30.9. The Morgan fingerprint density at radius 2 is 0.814 bits per heavy atom. The first-order valence-electron chi connectivity index (χ1n) is 12.4. The van der Waals surface area contributed by atoms with Crippen molar-refractivity contribution in [2.75, 3.05) is 10.6 Å². The number of benzene rings is 4. The van der Waals surface area contributed by atoms with E-state index < -0.39 is 36.0 Å². The van der Waals surface area contributed by atoms with Crippen LogP contribution in [0.1, 0.15) is 31.8 Å². The molecular weight excluding hydrogens is 578 g/mol. The first-order chi connectivity index (χ1) is 20.6. The molecule has 0 aromatic heterocycles. The Balaban J connectivity index is 1.28. The van der Waals surface area contributed by atoms with E-state index >= 15 is 0 Å². The lowest BCUT2D eigenvalue weighted by Crippen LogP contribution is -2.12. The Kier molecular flexibility index (Phi) is 9.84. The highest BCUT2D eigenvalue weighted by Crippen LogP contribution is 2.22. The van der Waals surface area contributed by atoms with Crippen molar-refractivity contribution < 1.29 is 45.4 Å². The number of rotatable bonds is 10. The summed E-state index contributed by atoms with van der Waals surface area (Å²) >= 11 is 0. The lowest BCUT2D eigenvalue weighted by Gasteiger charge is -2.09. The number of carbonyl (C=O) groups is 2. The Bertz CT molecular complexity index is 1520. The summed E-state index contributed by atoms with van der Waals surface area (Å²) in [5.41, 5.74) is 3.31. The average Bonchev–Trinajstić information content (AvgIpc) is 2.99. The second-order valence-electron chi connectivity index (χ2n) is 8.80. The van der Waals surface area contributed by atoms with Gasteiger partial charge in [-0.3, -0.25) is 9.59 Å². The molecule has 4 rings (SSSR count). The number of carbonyl (C=O) groups excluding carboxylic acids is 2. The van der Waals surface area contributed by atoms with Crippen LogP contribution in [0.15, 0.2) is 121 Å². The van der Waals surface area contributed by atoms with Gasteiger partial charge in [0.15, 0.2) is 0 Å². The van der Waals surface area contributed by atoms with Crippen molar-refractivity contribution in [3.63, 3.8) is 0 Å². The number of anilines is 2. The zero-order valence-electron chi connectivity index (χ0n) is 21.8. The SMILES string of the molecule is O=C(Nc1ccc(Cc2ccc(NC(=O)c3ccc(OC(F)=C(F)F)cc3)cc2)cc1)c1ccc(OC(F)=C(F)F)cc1. The highest BCUT2D eigenvalue weighted by molar-refractivity contribution is 6.05. The normalized spacial score (nSPS) is 10.4. The van der Waals surface area contributed by atoms with Gasteiger partial charge in [0.1, 0.15) is 11.5 Å². The summed E-state index contributed by atoms with van der Waals surface area (Å²) in [5, 5.41) is 5.41. The van der Waals surface area contributed by atoms with Crippen molar-refractivity contribution in [1.29, 1.82) is 0 Å². The van der Waals surface area contributed by atoms with Gasteiger partial charge in [0.2, 0.25) is 0 Å². The minimum atomic E-state index is -2.59. The summed E-state index contributed by atoms with van der Waals surface area (Å²) in [4.78, 5) is 25.0. The van der Waals surface area contributed by atoms with Gasteiger partial charge >= 0.3 is 24.2 Å². The van der Waals surface area contributed by atoms with Crippen molar-refractivity contribution in [3.05, 3.63) is 144 Å². The van der Waals surface area contributed by atoms with Crippen LogP contribution in [0.2, 0.25) is 0 Å². The molecule has 0 saturated carbocycles. The van der Waals surface area contributed by atoms with Crippen LogP contribution in [0.5, 0.6) is 11.5 Å². The first kappa shape index (κ1) is 30.4. The van der Waals surface area contributed by atoms with Crippen LogP contribution in [-0.2, 0) is 6.42 Å². The topological polar surface area (TPSA) is 76.7 Å². The molecule has 0 aliphatic rings. The van der Waals surface area contributed by atoms with E-state index in [1.807, 2.05) is 24.3 Å². The third kappa shape index (κ3) is 8.73. The summed E-state index contributed by atoms with van der Waals surface area (Å²) in [5.74, 6) is -1.31. The van der Waals surface area contributed by atoms with E-state index in [2.05, 4.69) is 20.1 Å². The Hall–Kier alpha value is -5.52. The summed E-state index contributed by atoms with van der Waals surface area (Å²) in [6.45, 7) is 0. The van der Waals surface area contributed by atoms with Gasteiger partial charge in [-0.15, -0.1) is 0 Å². The van der Waals surface area contributed by atoms with Crippen molar-refractivity contribution in [2.45, 2.75) is 6.42 Å². The molecule has 4 aromatic carbocycles. The van der Waals surface area contributed by atoms with Crippen LogP contribution in [0.3, 0.4) is 0 Å². The predicted octanol–water partition coefficient (Wildman–Crippen LogP) is 8.61. The fraction of sp³-hybridized carbons (Fsp3) is 0.0323. The van der Waals surface area contributed by atoms with E-state index in [0.29, 0.717) is 17.8 Å². The molecule has 12 heteroatoms. The number of amides is 2. The van der Waals surface area contributed by atoms with E-state index in [1.54, 1.807) is 24.3 Å². The molecule has 0 bridgehead atoms. The molecule has 2 amide bonds. The lowest BCUT2D eigenvalue weighted by molar-refractivity contribution is 0.101. The molecule has 0 atom stereocenters. The van der Waals surface area contributed by atoms with Gasteiger partial charge in [0.05, 0.1) is 0 Å². The van der Waals surface area contributed by atoms with Gasteiger partial charge in [-0.1, -0.05) is 24.3 Å². The standard InChI is InChI=1S/C31H20F6N2O4/c32-26(33)28(36)42-24-13-5-20(6-14-24)30(40)38-22-9-1-18(2-10-22)17-19-3-11-23(12-4-19)39-31(41)21-7-15-25(16-8-21)43-29(37)27(34)35/h1-16H,17H2,(H,38,40)(H,39,41). The van der Waals surface area contributed by atoms with E-state index in [9.17, 15) is 35.9 Å². The zero-order valence-corrected chi connectivity index (χ0v) is 21.8. The number of ether oxygens (including phenoxy) is 2. The predicted molar refractivity (Wildman–Crippen MR) is 146 cm³/mol. The van der Waals surface area contributed by atoms with Crippen molar-refractivity contribution in [3.8, 4) is 11.5 Å².